The molecule has 0 spiro atoms. The lowest BCUT2D eigenvalue weighted by Crippen LogP contribution is -2.18. The van der Waals surface area contributed by atoms with Crippen molar-refractivity contribution in [3.8, 4) is 5.75 Å². The van der Waals surface area contributed by atoms with E-state index >= 15 is 0 Å². The molecule has 0 aromatic heterocycles. The van der Waals surface area contributed by atoms with Crippen molar-refractivity contribution < 1.29 is 9.84 Å². The average Bonchev–Trinajstić information content (AvgIpc) is 2.47. The third-order valence-corrected chi connectivity index (χ3v) is 3.74. The van der Waals surface area contributed by atoms with E-state index in [-0.39, 0.29) is 6.10 Å². The molecule has 2 heteroatoms. The van der Waals surface area contributed by atoms with Crippen molar-refractivity contribution >= 4 is 0 Å². The van der Waals surface area contributed by atoms with Crippen molar-refractivity contribution in [3.05, 3.63) is 65.2 Å². The van der Waals surface area contributed by atoms with E-state index in [1.807, 2.05) is 24.3 Å². The van der Waals surface area contributed by atoms with Gasteiger partial charge in [0, 0.05) is 12.0 Å². The van der Waals surface area contributed by atoms with E-state index in [1.54, 1.807) is 0 Å². The molecule has 2 atom stereocenters. The summed E-state index contributed by atoms with van der Waals surface area (Å²) in [4.78, 5) is 0. The van der Waals surface area contributed by atoms with Crippen molar-refractivity contribution in [2.24, 2.45) is 0 Å². The Morgan fingerprint density at radius 3 is 2.58 bits per heavy atom. The van der Waals surface area contributed by atoms with Crippen molar-refractivity contribution in [1.82, 2.24) is 0 Å². The molecule has 0 aliphatic carbocycles. The molecule has 0 amide bonds. The van der Waals surface area contributed by atoms with Gasteiger partial charge in [-0.3, -0.25) is 0 Å². The van der Waals surface area contributed by atoms with Gasteiger partial charge in [0.1, 0.15) is 11.9 Å². The van der Waals surface area contributed by atoms with Gasteiger partial charge in [-0.05, 0) is 23.6 Å². The number of ether oxygens (including phenoxy) is 1. The van der Waals surface area contributed by atoms with Gasteiger partial charge in [-0.1, -0.05) is 49.4 Å². The largest absolute Gasteiger partial charge is 0.485 e. The van der Waals surface area contributed by atoms with Gasteiger partial charge in [0.2, 0.25) is 0 Å². The molecule has 1 aliphatic rings. The van der Waals surface area contributed by atoms with Gasteiger partial charge in [0.05, 0.1) is 6.10 Å². The number of hydrogen-bond donors (Lipinski definition) is 1. The maximum atomic E-state index is 10.2. The van der Waals surface area contributed by atoms with E-state index in [0.29, 0.717) is 6.42 Å². The Kier molecular flexibility index (Phi) is 3.26. The monoisotopic (exact) mass is 254 g/mol. The van der Waals surface area contributed by atoms with Gasteiger partial charge in [-0.15, -0.1) is 0 Å². The fraction of sp³-hybridized carbons (Fsp3) is 0.294. The smallest absolute Gasteiger partial charge is 0.127 e. The van der Waals surface area contributed by atoms with Crippen LogP contribution in [0.5, 0.6) is 5.75 Å². The Balaban J connectivity index is 1.87. The molecule has 0 bridgehead atoms. The zero-order chi connectivity index (χ0) is 13.2. The van der Waals surface area contributed by atoms with Gasteiger partial charge in [0.25, 0.3) is 0 Å². The van der Waals surface area contributed by atoms with Crippen LogP contribution in [0.25, 0.3) is 0 Å². The molecule has 1 N–H and O–H groups in total. The number of benzene rings is 2. The minimum Gasteiger partial charge on any atom is -0.485 e. The van der Waals surface area contributed by atoms with Crippen LogP contribution in [-0.4, -0.2) is 5.11 Å². The number of aliphatic hydroxyl groups is 1. The number of fused-ring (bicyclic) bond motifs is 1. The van der Waals surface area contributed by atoms with Gasteiger partial charge < -0.3 is 9.84 Å². The second kappa shape index (κ2) is 5.06. The van der Waals surface area contributed by atoms with E-state index in [9.17, 15) is 5.11 Å². The highest BCUT2D eigenvalue weighted by Gasteiger charge is 2.27. The molecule has 2 unspecified atom stereocenters. The van der Waals surface area contributed by atoms with Crippen LogP contribution in [-0.2, 0) is 6.42 Å². The van der Waals surface area contributed by atoms with Crippen molar-refractivity contribution in [2.75, 3.05) is 0 Å². The normalized spacial score (nSPS) is 21.6. The first-order valence-electron chi connectivity index (χ1n) is 6.80. The second-order valence-corrected chi connectivity index (χ2v) is 4.99. The van der Waals surface area contributed by atoms with Gasteiger partial charge in [-0.25, -0.2) is 0 Å². The van der Waals surface area contributed by atoms with Crippen LogP contribution >= 0.6 is 0 Å². The second-order valence-electron chi connectivity index (χ2n) is 4.99. The molecule has 3 rings (SSSR count). The van der Waals surface area contributed by atoms with Crippen molar-refractivity contribution in [3.63, 3.8) is 0 Å². The summed E-state index contributed by atoms with van der Waals surface area (Å²) in [5.74, 6) is 0.797. The zero-order valence-corrected chi connectivity index (χ0v) is 11.0. The molecule has 0 saturated carbocycles. The lowest BCUT2D eigenvalue weighted by Gasteiger charge is -2.29. The van der Waals surface area contributed by atoms with Crippen LogP contribution in [0.4, 0.5) is 0 Å². The van der Waals surface area contributed by atoms with Crippen molar-refractivity contribution in [1.29, 1.82) is 0 Å². The molecule has 0 radical (unpaired) electrons. The number of rotatable bonds is 2. The maximum Gasteiger partial charge on any atom is 0.127 e. The Bertz CT molecular complexity index is 560. The van der Waals surface area contributed by atoms with E-state index in [0.717, 1.165) is 23.3 Å². The third kappa shape index (κ3) is 2.36. The summed E-state index contributed by atoms with van der Waals surface area (Å²) in [5.41, 5.74) is 3.34. The molecule has 1 heterocycles. The minimum atomic E-state index is -0.444. The molecule has 0 fully saturated rings. The lowest BCUT2D eigenvalue weighted by atomic mass is 9.94. The molecule has 19 heavy (non-hydrogen) atoms. The van der Waals surface area contributed by atoms with Gasteiger partial charge in [-0.2, -0.15) is 0 Å². The third-order valence-electron chi connectivity index (χ3n) is 3.74. The molecule has 2 aromatic rings. The Morgan fingerprint density at radius 2 is 1.84 bits per heavy atom. The summed E-state index contributed by atoms with van der Waals surface area (Å²) < 4.78 is 6.00. The first-order chi connectivity index (χ1) is 9.28. The summed E-state index contributed by atoms with van der Waals surface area (Å²) in [6.07, 6.45) is 1.15. The SMILES string of the molecule is CCc1ccc(C2CC(O)c3ccccc3O2)cc1. The Morgan fingerprint density at radius 1 is 1.11 bits per heavy atom. The summed E-state index contributed by atoms with van der Waals surface area (Å²) in [6.45, 7) is 2.14. The maximum absolute atomic E-state index is 10.2. The average molecular weight is 254 g/mol. The van der Waals surface area contributed by atoms with Crippen LogP contribution in [0.2, 0.25) is 0 Å². The minimum absolute atomic E-state index is 0.0594. The van der Waals surface area contributed by atoms with Crippen LogP contribution in [0.15, 0.2) is 48.5 Å². The zero-order valence-electron chi connectivity index (χ0n) is 11.0. The number of hydrogen-bond acceptors (Lipinski definition) is 2. The summed E-state index contributed by atoms with van der Waals surface area (Å²) in [5, 5.41) is 10.2. The molecule has 98 valence electrons. The Labute approximate surface area is 113 Å². The summed E-state index contributed by atoms with van der Waals surface area (Å²) >= 11 is 0. The number of para-hydroxylation sites is 1. The fourth-order valence-electron chi connectivity index (χ4n) is 2.57. The molecule has 0 saturated heterocycles. The summed E-state index contributed by atoms with van der Waals surface area (Å²) in [7, 11) is 0. The van der Waals surface area contributed by atoms with Crippen LogP contribution in [0.3, 0.4) is 0 Å². The fourth-order valence-corrected chi connectivity index (χ4v) is 2.57. The molecular weight excluding hydrogens is 236 g/mol. The van der Waals surface area contributed by atoms with Gasteiger partial charge >= 0.3 is 0 Å². The first-order valence-corrected chi connectivity index (χ1v) is 6.80. The Hall–Kier alpha value is -1.80. The highest BCUT2D eigenvalue weighted by molar-refractivity contribution is 5.38. The predicted molar refractivity (Wildman–Crippen MR) is 75.2 cm³/mol. The molecule has 1 aliphatic heterocycles. The lowest BCUT2D eigenvalue weighted by molar-refractivity contribution is 0.0657. The quantitative estimate of drug-likeness (QED) is 0.883. The van der Waals surface area contributed by atoms with Crippen LogP contribution in [0, 0.1) is 0 Å². The van der Waals surface area contributed by atoms with Gasteiger partial charge in [0.15, 0.2) is 0 Å². The van der Waals surface area contributed by atoms with Crippen LogP contribution < -0.4 is 4.74 Å². The van der Waals surface area contributed by atoms with E-state index in [1.165, 1.54) is 5.56 Å². The topological polar surface area (TPSA) is 29.5 Å². The highest BCUT2D eigenvalue weighted by Crippen LogP contribution is 2.40. The summed E-state index contributed by atoms with van der Waals surface area (Å²) in [6, 6.07) is 16.2. The van der Waals surface area contributed by atoms with E-state index in [2.05, 4.69) is 31.2 Å². The number of aliphatic hydroxyl groups excluding tert-OH is 1. The first kappa shape index (κ1) is 12.2. The van der Waals surface area contributed by atoms with E-state index < -0.39 is 6.10 Å². The van der Waals surface area contributed by atoms with Crippen LogP contribution in [0.1, 0.15) is 42.2 Å². The number of aryl methyl sites for hydroxylation is 1. The predicted octanol–water partition coefficient (Wildman–Crippen LogP) is 3.81. The molecule has 2 nitrogen and oxygen atoms in total. The highest BCUT2D eigenvalue weighted by atomic mass is 16.5. The standard InChI is InChI=1S/C17H18O2/c1-2-12-7-9-13(10-8-12)17-11-15(18)14-5-3-4-6-16(14)19-17/h3-10,15,17-18H,2,11H2,1H3. The van der Waals surface area contributed by atoms with Crippen molar-refractivity contribution in [2.45, 2.75) is 32.0 Å². The molecule has 2 aromatic carbocycles. The molecular formula is C17H18O2. The van der Waals surface area contributed by atoms with E-state index in [4.69, 9.17) is 4.74 Å².